The molecular weight excluding hydrogens is 198 g/mol. The average Bonchev–Trinajstić information content (AvgIpc) is 2.11. The topological polar surface area (TPSA) is 81.4 Å². The lowest BCUT2D eigenvalue weighted by Gasteiger charge is -2.28. The summed E-state index contributed by atoms with van der Waals surface area (Å²) in [6.07, 6.45) is 0.771. The number of urea groups is 1. The van der Waals surface area contributed by atoms with Crippen LogP contribution in [-0.4, -0.2) is 57.3 Å². The molecule has 0 aromatic rings. The second-order valence-corrected chi connectivity index (χ2v) is 4.04. The minimum absolute atomic E-state index is 0.233. The predicted molar refractivity (Wildman–Crippen MR) is 56.1 cm³/mol. The number of amides is 2. The van der Waals surface area contributed by atoms with Crippen molar-refractivity contribution in [3.63, 3.8) is 0 Å². The maximum Gasteiger partial charge on any atom is 0.361 e. The number of rotatable bonds is 6. The van der Waals surface area contributed by atoms with Crippen LogP contribution >= 0.6 is 0 Å². The summed E-state index contributed by atoms with van der Waals surface area (Å²) in [5.41, 5.74) is 4.92. The lowest BCUT2D eigenvalue weighted by atomic mass is 10.3. The number of ether oxygens (including phenoxy) is 1. The van der Waals surface area contributed by atoms with Gasteiger partial charge in [-0.25, -0.2) is 9.59 Å². The summed E-state index contributed by atoms with van der Waals surface area (Å²) < 4.78 is 5.12. The van der Waals surface area contributed by atoms with Crippen LogP contribution in [0.2, 0.25) is 0 Å². The quantitative estimate of drug-likeness (QED) is 0.351. The predicted octanol–water partition coefficient (Wildman–Crippen LogP) is -0.706. The highest BCUT2D eigenvalue weighted by Gasteiger charge is 2.19. The van der Waals surface area contributed by atoms with Crippen molar-refractivity contribution in [1.29, 1.82) is 0 Å². The molecule has 0 aromatic heterocycles. The Hall–Kier alpha value is -1.30. The fourth-order valence-corrected chi connectivity index (χ4v) is 1.21. The summed E-state index contributed by atoms with van der Waals surface area (Å²) >= 11 is 0. The van der Waals surface area contributed by atoms with E-state index in [0.717, 1.165) is 13.0 Å². The van der Waals surface area contributed by atoms with Gasteiger partial charge in [-0.2, -0.15) is 0 Å². The second kappa shape index (κ2) is 6.23. The molecule has 0 heterocycles. The Morgan fingerprint density at radius 3 is 2.47 bits per heavy atom. The highest BCUT2D eigenvalue weighted by Crippen LogP contribution is 1.99. The van der Waals surface area contributed by atoms with Gasteiger partial charge in [-0.05, 0) is 0 Å². The van der Waals surface area contributed by atoms with E-state index in [4.69, 9.17) is 5.73 Å². The molecule has 0 aliphatic carbocycles. The Labute approximate surface area is 90.0 Å². The fraction of sp³-hybridized carbons (Fsp3) is 0.778. The van der Waals surface area contributed by atoms with Crippen LogP contribution < -0.4 is 11.1 Å². The zero-order valence-corrected chi connectivity index (χ0v) is 9.58. The van der Waals surface area contributed by atoms with Gasteiger partial charge in [0.1, 0.15) is 0 Å². The molecule has 0 saturated heterocycles. The summed E-state index contributed by atoms with van der Waals surface area (Å²) in [5, 5.41) is 2.50. The molecule has 0 radical (unpaired) electrons. The maximum absolute atomic E-state index is 11.0. The number of carbonyl (C=O) groups excluding carboxylic acids is 2. The van der Waals surface area contributed by atoms with E-state index < -0.39 is 6.03 Å². The van der Waals surface area contributed by atoms with E-state index >= 15 is 0 Å². The van der Waals surface area contributed by atoms with Crippen molar-refractivity contribution in [3.8, 4) is 0 Å². The third-order valence-corrected chi connectivity index (χ3v) is 2.02. The summed E-state index contributed by atoms with van der Waals surface area (Å²) in [5.74, 6) is -0.233. The van der Waals surface area contributed by atoms with Gasteiger partial charge in [0.25, 0.3) is 0 Å². The molecule has 0 saturated carbocycles. The highest BCUT2D eigenvalue weighted by molar-refractivity contribution is 5.71. The van der Waals surface area contributed by atoms with Crippen LogP contribution in [0.1, 0.15) is 6.42 Å². The number of primary amides is 1. The molecule has 88 valence electrons. The molecule has 6 heteroatoms. The van der Waals surface area contributed by atoms with E-state index in [1.54, 1.807) is 0 Å². The normalized spacial score (nSPS) is 10.9. The van der Waals surface area contributed by atoms with Crippen LogP contribution in [0, 0.1) is 0 Å². The SMILES string of the molecule is COC(=O)C[N+](C)(C)CCCNC(N)=O. The molecule has 2 amide bonds. The number of nitrogens with zero attached hydrogens (tertiary/aromatic N) is 1. The molecule has 0 bridgehead atoms. The molecule has 3 N–H and O–H groups in total. The van der Waals surface area contributed by atoms with E-state index in [-0.39, 0.29) is 5.97 Å². The first-order valence-corrected chi connectivity index (χ1v) is 4.79. The van der Waals surface area contributed by atoms with Gasteiger partial charge in [0.15, 0.2) is 6.54 Å². The first-order valence-electron chi connectivity index (χ1n) is 4.79. The van der Waals surface area contributed by atoms with Crippen molar-refractivity contribution in [2.75, 3.05) is 40.8 Å². The Kier molecular flexibility index (Phi) is 5.69. The maximum atomic E-state index is 11.0. The number of nitrogens with one attached hydrogen (secondary N) is 1. The van der Waals surface area contributed by atoms with Crippen LogP contribution in [0.3, 0.4) is 0 Å². The third kappa shape index (κ3) is 7.75. The smallest absolute Gasteiger partial charge is 0.361 e. The summed E-state index contributed by atoms with van der Waals surface area (Å²) in [6.45, 7) is 1.63. The molecule has 6 nitrogen and oxygen atoms in total. The Morgan fingerprint density at radius 2 is 2.00 bits per heavy atom. The van der Waals surface area contributed by atoms with Crippen LogP contribution in [0.4, 0.5) is 4.79 Å². The van der Waals surface area contributed by atoms with Crippen molar-refractivity contribution in [2.24, 2.45) is 5.73 Å². The van der Waals surface area contributed by atoms with E-state index in [9.17, 15) is 9.59 Å². The zero-order chi connectivity index (χ0) is 11.9. The minimum Gasteiger partial charge on any atom is -0.465 e. The lowest BCUT2D eigenvalue weighted by molar-refractivity contribution is -0.883. The fourth-order valence-electron chi connectivity index (χ4n) is 1.21. The van der Waals surface area contributed by atoms with Gasteiger partial charge in [-0.1, -0.05) is 0 Å². The van der Waals surface area contributed by atoms with Crippen molar-refractivity contribution in [1.82, 2.24) is 5.32 Å². The molecule has 0 aliphatic rings. The van der Waals surface area contributed by atoms with E-state index in [1.807, 2.05) is 14.1 Å². The monoisotopic (exact) mass is 218 g/mol. The number of hydrogen-bond donors (Lipinski definition) is 2. The van der Waals surface area contributed by atoms with E-state index in [2.05, 4.69) is 10.1 Å². The van der Waals surface area contributed by atoms with Gasteiger partial charge in [0.05, 0.1) is 27.7 Å². The molecule has 15 heavy (non-hydrogen) atoms. The first kappa shape index (κ1) is 13.7. The van der Waals surface area contributed by atoms with Crippen molar-refractivity contribution in [3.05, 3.63) is 0 Å². The largest absolute Gasteiger partial charge is 0.465 e. The summed E-state index contributed by atoms with van der Waals surface area (Å²) in [6, 6.07) is -0.520. The number of quaternary nitrogens is 1. The standard InChI is InChI=1S/C9H19N3O3/c1-12(2,7-8(13)15-3)6-4-5-11-9(10)14/h4-7H2,1-3H3,(H2-,10,11,14)/p+1. The average molecular weight is 218 g/mol. The second-order valence-electron chi connectivity index (χ2n) is 4.04. The number of nitrogens with two attached hydrogens (primary N) is 1. The van der Waals surface area contributed by atoms with Crippen molar-refractivity contribution in [2.45, 2.75) is 6.42 Å². The molecule has 0 atom stereocenters. The Balaban J connectivity index is 3.73. The van der Waals surface area contributed by atoms with Crippen LogP contribution in [0.5, 0.6) is 0 Å². The molecule has 0 aromatic carbocycles. The molecule has 0 unspecified atom stereocenters. The third-order valence-electron chi connectivity index (χ3n) is 2.02. The molecule has 0 fully saturated rings. The minimum atomic E-state index is -0.520. The summed E-state index contributed by atoms with van der Waals surface area (Å²) in [4.78, 5) is 21.4. The number of hydrogen-bond acceptors (Lipinski definition) is 3. The van der Waals surface area contributed by atoms with Gasteiger partial charge >= 0.3 is 12.0 Å². The Morgan fingerprint density at radius 1 is 1.40 bits per heavy atom. The number of esters is 1. The van der Waals surface area contributed by atoms with Crippen molar-refractivity contribution < 1.29 is 18.8 Å². The van der Waals surface area contributed by atoms with E-state index in [0.29, 0.717) is 17.6 Å². The number of methoxy groups -OCH3 is 1. The van der Waals surface area contributed by atoms with E-state index in [1.165, 1.54) is 7.11 Å². The molecule has 0 spiro atoms. The molecule has 0 rings (SSSR count). The highest BCUT2D eigenvalue weighted by atomic mass is 16.5. The van der Waals surface area contributed by atoms with Crippen molar-refractivity contribution >= 4 is 12.0 Å². The Bertz CT molecular complexity index is 229. The van der Waals surface area contributed by atoms with Crippen LogP contribution in [-0.2, 0) is 9.53 Å². The lowest BCUT2D eigenvalue weighted by Crippen LogP contribution is -2.46. The first-order chi connectivity index (χ1) is 6.87. The van der Waals surface area contributed by atoms with Crippen LogP contribution in [0.15, 0.2) is 0 Å². The van der Waals surface area contributed by atoms with Crippen LogP contribution in [0.25, 0.3) is 0 Å². The van der Waals surface area contributed by atoms with Gasteiger partial charge in [0, 0.05) is 13.0 Å². The van der Waals surface area contributed by atoms with Gasteiger partial charge in [-0.3, -0.25) is 0 Å². The number of carbonyl (C=O) groups is 2. The molecule has 0 aliphatic heterocycles. The van der Waals surface area contributed by atoms with Gasteiger partial charge < -0.3 is 20.3 Å². The number of likely N-dealkylation sites (N-methyl/N-ethyl adjacent to an activating group) is 1. The molecular formula is C9H20N3O3+. The van der Waals surface area contributed by atoms with Gasteiger partial charge in [0.2, 0.25) is 0 Å². The summed E-state index contributed by atoms with van der Waals surface area (Å²) in [7, 11) is 5.24. The van der Waals surface area contributed by atoms with Gasteiger partial charge in [-0.15, -0.1) is 0 Å². The zero-order valence-electron chi connectivity index (χ0n) is 9.58.